The standard InChI is InChI=1S/C15H21NS/c1-10(14-5-6-17-9-14)16-11(2)15-8-12-3-4-13(15)7-12/h3-6,9-13,15-16H,7-8H2,1-2H3. The molecule has 17 heavy (non-hydrogen) atoms. The van der Waals surface area contributed by atoms with Gasteiger partial charge in [0.15, 0.2) is 0 Å². The molecule has 0 radical (unpaired) electrons. The van der Waals surface area contributed by atoms with Crippen LogP contribution in [0, 0.1) is 17.8 Å². The Morgan fingerprint density at radius 3 is 2.76 bits per heavy atom. The highest BCUT2D eigenvalue weighted by molar-refractivity contribution is 7.07. The van der Waals surface area contributed by atoms with Gasteiger partial charge in [-0.2, -0.15) is 11.3 Å². The molecule has 92 valence electrons. The second-order valence-corrected chi connectivity index (χ2v) is 6.46. The molecule has 1 aromatic heterocycles. The normalized spacial score (nSPS) is 34.1. The number of rotatable bonds is 4. The van der Waals surface area contributed by atoms with Crippen LogP contribution in [0.1, 0.15) is 38.3 Å². The first-order valence-electron chi connectivity index (χ1n) is 6.70. The Hall–Kier alpha value is -0.600. The first kappa shape index (κ1) is 11.5. The monoisotopic (exact) mass is 247 g/mol. The summed E-state index contributed by atoms with van der Waals surface area (Å²) in [6, 6.07) is 3.35. The van der Waals surface area contributed by atoms with Crippen molar-refractivity contribution in [2.24, 2.45) is 17.8 Å². The summed E-state index contributed by atoms with van der Waals surface area (Å²) in [5.41, 5.74) is 1.43. The lowest BCUT2D eigenvalue weighted by molar-refractivity contribution is 0.307. The zero-order chi connectivity index (χ0) is 11.8. The van der Waals surface area contributed by atoms with Gasteiger partial charge in [-0.05, 0) is 66.8 Å². The topological polar surface area (TPSA) is 12.0 Å². The predicted molar refractivity (Wildman–Crippen MR) is 74.2 cm³/mol. The SMILES string of the molecule is CC(NC(C)C1CC2C=CC1C2)c1ccsc1. The van der Waals surface area contributed by atoms with Crippen molar-refractivity contribution in [3.05, 3.63) is 34.5 Å². The Morgan fingerprint density at radius 1 is 1.29 bits per heavy atom. The van der Waals surface area contributed by atoms with Crippen molar-refractivity contribution in [2.75, 3.05) is 0 Å². The number of hydrogen-bond acceptors (Lipinski definition) is 2. The van der Waals surface area contributed by atoms with Crippen molar-refractivity contribution in [2.45, 2.75) is 38.8 Å². The lowest BCUT2D eigenvalue weighted by Crippen LogP contribution is -2.37. The van der Waals surface area contributed by atoms with Crippen molar-refractivity contribution >= 4 is 11.3 Å². The van der Waals surface area contributed by atoms with Gasteiger partial charge in [-0.25, -0.2) is 0 Å². The van der Waals surface area contributed by atoms with Gasteiger partial charge in [-0.1, -0.05) is 12.2 Å². The van der Waals surface area contributed by atoms with Crippen molar-refractivity contribution in [1.29, 1.82) is 0 Å². The highest BCUT2D eigenvalue weighted by Crippen LogP contribution is 2.45. The molecule has 2 aliphatic rings. The van der Waals surface area contributed by atoms with Gasteiger partial charge in [0.25, 0.3) is 0 Å². The van der Waals surface area contributed by atoms with Crippen LogP contribution in [0.2, 0.25) is 0 Å². The zero-order valence-electron chi connectivity index (χ0n) is 10.6. The van der Waals surface area contributed by atoms with Crippen LogP contribution in [0.25, 0.3) is 0 Å². The van der Waals surface area contributed by atoms with E-state index < -0.39 is 0 Å². The molecule has 1 N–H and O–H groups in total. The molecular formula is C15H21NS. The molecule has 5 atom stereocenters. The lowest BCUT2D eigenvalue weighted by Gasteiger charge is -2.29. The number of nitrogens with one attached hydrogen (secondary N) is 1. The number of thiophene rings is 1. The van der Waals surface area contributed by atoms with Crippen molar-refractivity contribution in [1.82, 2.24) is 5.32 Å². The van der Waals surface area contributed by atoms with Crippen LogP contribution in [0.15, 0.2) is 29.0 Å². The number of fused-ring (bicyclic) bond motifs is 2. The first-order chi connectivity index (χ1) is 8.24. The number of allylic oxidation sites excluding steroid dienone is 2. The van der Waals surface area contributed by atoms with Gasteiger partial charge < -0.3 is 5.32 Å². The average molecular weight is 247 g/mol. The van der Waals surface area contributed by atoms with E-state index in [1.54, 1.807) is 11.3 Å². The fourth-order valence-corrected chi connectivity index (χ4v) is 4.29. The van der Waals surface area contributed by atoms with Crippen LogP contribution in [0.3, 0.4) is 0 Å². The molecule has 0 aromatic carbocycles. The summed E-state index contributed by atoms with van der Waals surface area (Å²) < 4.78 is 0. The molecule has 2 aliphatic carbocycles. The van der Waals surface area contributed by atoms with E-state index in [2.05, 4.69) is 48.1 Å². The second-order valence-electron chi connectivity index (χ2n) is 5.68. The van der Waals surface area contributed by atoms with E-state index >= 15 is 0 Å². The van der Waals surface area contributed by atoms with Crippen molar-refractivity contribution < 1.29 is 0 Å². The molecule has 5 unspecified atom stereocenters. The third-order valence-corrected chi connectivity index (χ3v) is 5.23. The maximum absolute atomic E-state index is 3.78. The molecule has 0 saturated heterocycles. The predicted octanol–water partition coefficient (Wildman–Crippen LogP) is 4.00. The minimum Gasteiger partial charge on any atom is -0.307 e. The van der Waals surface area contributed by atoms with E-state index in [0.29, 0.717) is 12.1 Å². The van der Waals surface area contributed by atoms with Gasteiger partial charge in [-0.15, -0.1) is 0 Å². The van der Waals surface area contributed by atoms with Crippen LogP contribution in [-0.2, 0) is 0 Å². The molecule has 0 aliphatic heterocycles. The molecule has 0 spiro atoms. The number of hydrogen-bond donors (Lipinski definition) is 1. The van der Waals surface area contributed by atoms with Gasteiger partial charge in [0.05, 0.1) is 0 Å². The molecule has 1 heterocycles. The summed E-state index contributed by atoms with van der Waals surface area (Å²) in [7, 11) is 0. The van der Waals surface area contributed by atoms with Crippen LogP contribution in [0.5, 0.6) is 0 Å². The first-order valence-corrected chi connectivity index (χ1v) is 7.65. The minimum absolute atomic E-state index is 0.486. The van der Waals surface area contributed by atoms with E-state index in [-0.39, 0.29) is 0 Å². The Labute approximate surface area is 108 Å². The maximum atomic E-state index is 3.78. The van der Waals surface area contributed by atoms with E-state index in [1.165, 1.54) is 18.4 Å². The third-order valence-electron chi connectivity index (χ3n) is 4.53. The fraction of sp³-hybridized carbons (Fsp3) is 0.600. The fourth-order valence-electron chi connectivity index (χ4n) is 3.53. The van der Waals surface area contributed by atoms with E-state index in [1.807, 2.05) is 0 Å². The Kier molecular flexibility index (Phi) is 3.10. The average Bonchev–Trinajstić information content (AvgIpc) is 3.05. The molecule has 0 amide bonds. The van der Waals surface area contributed by atoms with Crippen LogP contribution in [-0.4, -0.2) is 6.04 Å². The Bertz CT molecular complexity index is 395. The summed E-state index contributed by atoms with van der Waals surface area (Å²) in [5.74, 6) is 2.58. The quantitative estimate of drug-likeness (QED) is 0.793. The molecule has 1 fully saturated rings. The molecule has 3 rings (SSSR count). The molecule has 2 bridgehead atoms. The van der Waals surface area contributed by atoms with Crippen molar-refractivity contribution in [3.8, 4) is 0 Å². The Morgan fingerprint density at radius 2 is 2.18 bits per heavy atom. The van der Waals surface area contributed by atoms with E-state index in [9.17, 15) is 0 Å². The maximum Gasteiger partial charge on any atom is 0.0302 e. The highest BCUT2D eigenvalue weighted by Gasteiger charge is 2.38. The molecule has 1 saturated carbocycles. The molecule has 1 nitrogen and oxygen atoms in total. The van der Waals surface area contributed by atoms with Gasteiger partial charge in [0.2, 0.25) is 0 Å². The second kappa shape index (κ2) is 4.58. The molecular weight excluding hydrogens is 226 g/mol. The van der Waals surface area contributed by atoms with Crippen molar-refractivity contribution in [3.63, 3.8) is 0 Å². The highest BCUT2D eigenvalue weighted by atomic mass is 32.1. The summed E-state index contributed by atoms with van der Waals surface area (Å²) in [6.45, 7) is 4.64. The van der Waals surface area contributed by atoms with E-state index in [0.717, 1.165) is 17.8 Å². The zero-order valence-corrected chi connectivity index (χ0v) is 11.4. The van der Waals surface area contributed by atoms with Crippen LogP contribution < -0.4 is 5.32 Å². The molecule has 2 heteroatoms. The largest absolute Gasteiger partial charge is 0.307 e. The van der Waals surface area contributed by atoms with Crippen LogP contribution >= 0.6 is 11.3 Å². The van der Waals surface area contributed by atoms with Crippen LogP contribution in [0.4, 0.5) is 0 Å². The van der Waals surface area contributed by atoms with Gasteiger partial charge in [-0.3, -0.25) is 0 Å². The smallest absolute Gasteiger partial charge is 0.0302 e. The van der Waals surface area contributed by atoms with E-state index in [4.69, 9.17) is 0 Å². The summed E-state index contributed by atoms with van der Waals surface area (Å²) in [4.78, 5) is 0. The minimum atomic E-state index is 0.486. The summed E-state index contributed by atoms with van der Waals surface area (Å²) >= 11 is 1.79. The van der Waals surface area contributed by atoms with Gasteiger partial charge in [0, 0.05) is 12.1 Å². The summed E-state index contributed by atoms with van der Waals surface area (Å²) in [5, 5.41) is 8.20. The summed E-state index contributed by atoms with van der Waals surface area (Å²) in [6.07, 6.45) is 7.68. The van der Waals surface area contributed by atoms with Gasteiger partial charge >= 0.3 is 0 Å². The van der Waals surface area contributed by atoms with Gasteiger partial charge in [0.1, 0.15) is 0 Å². The molecule has 1 aromatic rings. The third kappa shape index (κ3) is 2.21. The Balaban J connectivity index is 1.60. The lowest BCUT2D eigenvalue weighted by atomic mass is 9.87.